The van der Waals surface area contributed by atoms with Crippen LogP contribution in [-0.4, -0.2) is 6.10 Å². The summed E-state index contributed by atoms with van der Waals surface area (Å²) in [6.07, 6.45) is 6.50. The maximum absolute atomic E-state index is 5.97. The topological polar surface area (TPSA) is 35.2 Å². The third kappa shape index (κ3) is 5.40. The highest BCUT2D eigenvalue weighted by Crippen LogP contribution is 2.24. The molecule has 0 aromatic heterocycles. The van der Waals surface area contributed by atoms with E-state index in [0.717, 1.165) is 22.2 Å². The maximum Gasteiger partial charge on any atom is 0.124 e. The van der Waals surface area contributed by atoms with Crippen molar-refractivity contribution in [3.63, 3.8) is 0 Å². The van der Waals surface area contributed by atoms with E-state index >= 15 is 0 Å². The number of benzene rings is 1. The molecule has 3 heteroatoms. The van der Waals surface area contributed by atoms with E-state index in [9.17, 15) is 0 Å². The van der Waals surface area contributed by atoms with Crippen LogP contribution in [0.25, 0.3) is 0 Å². The lowest BCUT2D eigenvalue weighted by molar-refractivity contribution is 0.204. The van der Waals surface area contributed by atoms with Crippen molar-refractivity contribution in [2.45, 2.75) is 58.6 Å². The highest BCUT2D eigenvalue weighted by atomic mass is 79.9. The van der Waals surface area contributed by atoms with Crippen LogP contribution in [0.3, 0.4) is 0 Å². The van der Waals surface area contributed by atoms with Crippen molar-refractivity contribution in [3.05, 3.63) is 28.2 Å². The predicted molar refractivity (Wildman–Crippen MR) is 80.9 cm³/mol. The van der Waals surface area contributed by atoms with E-state index in [1.54, 1.807) is 0 Å². The summed E-state index contributed by atoms with van der Waals surface area (Å²) in [7, 11) is 0. The molecule has 1 atom stereocenters. The molecule has 102 valence electrons. The standard InChI is InChI=1S/C15H24BrNO/c1-3-4-5-6-7-12(2)18-15-9-8-14(16)10-13(15)11-17/h8-10,12H,3-7,11,17H2,1-2H3. The Hall–Kier alpha value is -0.540. The van der Waals surface area contributed by atoms with Gasteiger partial charge in [-0.3, -0.25) is 0 Å². The number of ether oxygens (including phenoxy) is 1. The van der Waals surface area contributed by atoms with E-state index < -0.39 is 0 Å². The molecule has 0 heterocycles. The summed E-state index contributed by atoms with van der Waals surface area (Å²) in [5.74, 6) is 0.920. The van der Waals surface area contributed by atoms with E-state index in [2.05, 4.69) is 29.8 Å². The van der Waals surface area contributed by atoms with Gasteiger partial charge >= 0.3 is 0 Å². The van der Waals surface area contributed by atoms with Crippen molar-refractivity contribution in [2.75, 3.05) is 0 Å². The normalized spacial score (nSPS) is 12.4. The Labute approximate surface area is 119 Å². The minimum absolute atomic E-state index is 0.258. The molecule has 0 radical (unpaired) electrons. The molecule has 18 heavy (non-hydrogen) atoms. The summed E-state index contributed by atoms with van der Waals surface area (Å²) in [6, 6.07) is 6.02. The first-order chi connectivity index (χ1) is 8.67. The smallest absolute Gasteiger partial charge is 0.124 e. The van der Waals surface area contributed by atoms with E-state index in [4.69, 9.17) is 10.5 Å². The van der Waals surface area contributed by atoms with Gasteiger partial charge in [-0.05, 0) is 38.0 Å². The number of nitrogens with two attached hydrogens (primary N) is 1. The van der Waals surface area contributed by atoms with Crippen LogP contribution in [0.1, 0.15) is 51.5 Å². The number of hydrogen-bond donors (Lipinski definition) is 1. The Balaban J connectivity index is 2.45. The second kappa shape index (κ2) is 8.54. The Morgan fingerprint density at radius 2 is 2.06 bits per heavy atom. The summed E-state index contributed by atoms with van der Waals surface area (Å²) in [4.78, 5) is 0. The summed E-state index contributed by atoms with van der Waals surface area (Å²) < 4.78 is 7.02. The second-order valence-electron chi connectivity index (χ2n) is 4.73. The molecule has 1 unspecified atom stereocenters. The number of halogens is 1. The monoisotopic (exact) mass is 313 g/mol. The molecule has 1 aromatic rings. The van der Waals surface area contributed by atoms with Gasteiger partial charge in [0.25, 0.3) is 0 Å². The molecule has 0 spiro atoms. The number of hydrogen-bond acceptors (Lipinski definition) is 2. The van der Waals surface area contributed by atoms with Gasteiger partial charge in [-0.1, -0.05) is 42.1 Å². The lowest BCUT2D eigenvalue weighted by atomic mass is 10.1. The van der Waals surface area contributed by atoms with Crippen molar-refractivity contribution in [1.82, 2.24) is 0 Å². The van der Waals surface area contributed by atoms with Crippen LogP contribution in [0.2, 0.25) is 0 Å². The zero-order chi connectivity index (χ0) is 13.4. The highest BCUT2D eigenvalue weighted by molar-refractivity contribution is 9.10. The molecule has 0 amide bonds. The van der Waals surface area contributed by atoms with Crippen molar-refractivity contribution in [2.24, 2.45) is 5.73 Å². The van der Waals surface area contributed by atoms with Gasteiger partial charge < -0.3 is 10.5 Å². The number of unbranched alkanes of at least 4 members (excludes halogenated alkanes) is 3. The van der Waals surface area contributed by atoms with Gasteiger partial charge in [0.15, 0.2) is 0 Å². The van der Waals surface area contributed by atoms with Crippen molar-refractivity contribution in [1.29, 1.82) is 0 Å². The Kier molecular flexibility index (Phi) is 7.36. The summed E-state index contributed by atoms with van der Waals surface area (Å²) in [5.41, 5.74) is 6.79. The average molecular weight is 314 g/mol. The predicted octanol–water partition coefficient (Wildman–Crippen LogP) is 4.65. The molecular formula is C15H24BrNO. The molecule has 0 bridgehead atoms. The largest absolute Gasteiger partial charge is 0.490 e. The molecule has 0 aliphatic heterocycles. The third-order valence-corrected chi connectivity index (χ3v) is 3.53. The summed E-state index contributed by atoms with van der Waals surface area (Å²) in [5, 5.41) is 0. The molecule has 0 saturated heterocycles. The first-order valence-electron chi connectivity index (χ1n) is 6.82. The number of rotatable bonds is 8. The van der Waals surface area contributed by atoms with E-state index in [1.807, 2.05) is 18.2 Å². The molecule has 0 fully saturated rings. The fraction of sp³-hybridized carbons (Fsp3) is 0.600. The second-order valence-corrected chi connectivity index (χ2v) is 5.65. The summed E-state index contributed by atoms with van der Waals surface area (Å²) >= 11 is 3.45. The van der Waals surface area contributed by atoms with Gasteiger partial charge in [-0.15, -0.1) is 0 Å². The van der Waals surface area contributed by atoms with Gasteiger partial charge in [0, 0.05) is 16.6 Å². The molecule has 0 saturated carbocycles. The first kappa shape index (κ1) is 15.5. The summed E-state index contributed by atoms with van der Waals surface area (Å²) in [6.45, 7) is 4.88. The van der Waals surface area contributed by atoms with Crippen molar-refractivity contribution in [3.8, 4) is 5.75 Å². The molecule has 1 rings (SSSR count). The van der Waals surface area contributed by atoms with Gasteiger partial charge in [-0.25, -0.2) is 0 Å². The SMILES string of the molecule is CCCCCCC(C)Oc1ccc(Br)cc1CN. The quantitative estimate of drug-likeness (QED) is 0.709. The maximum atomic E-state index is 5.97. The van der Waals surface area contributed by atoms with Crippen LogP contribution >= 0.6 is 15.9 Å². The van der Waals surface area contributed by atoms with Gasteiger partial charge in [0.1, 0.15) is 5.75 Å². The van der Waals surface area contributed by atoms with Gasteiger partial charge in [-0.2, -0.15) is 0 Å². The zero-order valence-corrected chi connectivity index (χ0v) is 13.0. The van der Waals surface area contributed by atoms with Gasteiger partial charge in [0.2, 0.25) is 0 Å². The van der Waals surface area contributed by atoms with Crippen LogP contribution in [0.15, 0.2) is 22.7 Å². The zero-order valence-electron chi connectivity index (χ0n) is 11.4. The molecule has 1 aromatic carbocycles. The Morgan fingerprint density at radius 3 is 2.72 bits per heavy atom. The van der Waals surface area contributed by atoms with Crippen LogP contribution in [0, 0.1) is 0 Å². The van der Waals surface area contributed by atoms with Crippen LogP contribution in [0.5, 0.6) is 5.75 Å². The van der Waals surface area contributed by atoms with Crippen molar-refractivity contribution >= 4 is 15.9 Å². The third-order valence-electron chi connectivity index (χ3n) is 3.03. The van der Waals surface area contributed by atoms with Crippen LogP contribution < -0.4 is 10.5 Å². The first-order valence-corrected chi connectivity index (χ1v) is 7.61. The highest BCUT2D eigenvalue weighted by Gasteiger charge is 2.08. The van der Waals surface area contributed by atoms with E-state index in [-0.39, 0.29) is 6.10 Å². The lowest BCUT2D eigenvalue weighted by Gasteiger charge is -2.17. The Bertz CT molecular complexity index is 354. The van der Waals surface area contributed by atoms with Crippen LogP contribution in [0.4, 0.5) is 0 Å². The fourth-order valence-corrected chi connectivity index (χ4v) is 2.37. The van der Waals surface area contributed by atoms with Gasteiger partial charge in [0.05, 0.1) is 6.10 Å². The Morgan fingerprint density at radius 1 is 1.28 bits per heavy atom. The average Bonchev–Trinajstić information content (AvgIpc) is 2.37. The lowest BCUT2D eigenvalue weighted by Crippen LogP contribution is -2.13. The molecule has 0 aliphatic carbocycles. The molecular weight excluding hydrogens is 290 g/mol. The minimum atomic E-state index is 0.258. The molecule has 2 N–H and O–H groups in total. The fourth-order valence-electron chi connectivity index (χ4n) is 1.96. The van der Waals surface area contributed by atoms with Crippen molar-refractivity contribution < 1.29 is 4.74 Å². The van der Waals surface area contributed by atoms with Crippen LogP contribution in [-0.2, 0) is 6.54 Å². The minimum Gasteiger partial charge on any atom is -0.490 e. The molecule has 0 aliphatic rings. The van der Waals surface area contributed by atoms with E-state index in [1.165, 1.54) is 25.7 Å². The molecule has 2 nitrogen and oxygen atoms in total. The van der Waals surface area contributed by atoms with E-state index in [0.29, 0.717) is 6.54 Å².